The number of aromatic nitrogens is 1. The van der Waals surface area contributed by atoms with Crippen LogP contribution in [-0.2, 0) is 21.4 Å². The molecule has 5 rings (SSSR count). The summed E-state index contributed by atoms with van der Waals surface area (Å²) in [6.07, 6.45) is 4.54. The van der Waals surface area contributed by atoms with Crippen molar-refractivity contribution in [3.05, 3.63) is 83.2 Å². The highest BCUT2D eigenvalue weighted by Crippen LogP contribution is 2.35. The second-order valence-corrected chi connectivity index (χ2v) is 11.2. The molecule has 1 aliphatic rings. The highest BCUT2D eigenvalue weighted by Gasteiger charge is 2.49. The van der Waals surface area contributed by atoms with Crippen LogP contribution < -0.4 is 11.1 Å². The fourth-order valence-corrected chi connectivity index (χ4v) is 5.71. The number of nitrogens with two attached hydrogens (primary N) is 1. The Labute approximate surface area is 221 Å². The third-order valence-electron chi connectivity index (χ3n) is 5.94. The molecule has 0 atom stereocenters. The van der Waals surface area contributed by atoms with Crippen molar-refractivity contribution < 1.29 is 26.4 Å². The second-order valence-electron chi connectivity index (χ2n) is 8.81. The number of carbonyl (C=O) groups excluding carboxylic acids is 1. The smallest absolute Gasteiger partial charge is 0.275 e. The summed E-state index contributed by atoms with van der Waals surface area (Å²) < 4.78 is 57.9. The average molecular weight is 559 g/mol. The van der Waals surface area contributed by atoms with Crippen LogP contribution in [-0.4, -0.2) is 42.6 Å². The van der Waals surface area contributed by atoms with Crippen molar-refractivity contribution in [3.63, 3.8) is 0 Å². The van der Waals surface area contributed by atoms with Crippen molar-refractivity contribution in [3.8, 4) is 11.1 Å². The maximum absolute atomic E-state index is 13.1. The lowest BCUT2D eigenvalue weighted by Crippen LogP contribution is -2.58. The molecule has 0 bridgehead atoms. The maximum Gasteiger partial charge on any atom is 0.275 e. The SMILES string of the molecule is Nc1ccc(C=CC(=O)NCc2cc3cc(-c4ccc(S(=O)(=O)N5CC(F)(F)C5)cc4)cc(Cl)c3o2)cn1. The number of sulfonamides is 1. The normalized spacial score (nSPS) is 15.6. The summed E-state index contributed by atoms with van der Waals surface area (Å²) >= 11 is 6.43. The Morgan fingerprint density at radius 3 is 2.53 bits per heavy atom. The van der Waals surface area contributed by atoms with Crippen molar-refractivity contribution in [1.82, 2.24) is 14.6 Å². The van der Waals surface area contributed by atoms with Crippen molar-refractivity contribution in [2.24, 2.45) is 0 Å². The predicted molar refractivity (Wildman–Crippen MR) is 140 cm³/mol. The largest absolute Gasteiger partial charge is 0.458 e. The number of hydrogen-bond acceptors (Lipinski definition) is 6. The second kappa shape index (κ2) is 9.82. The number of furan rings is 1. The summed E-state index contributed by atoms with van der Waals surface area (Å²) in [6, 6.07) is 14.6. The highest BCUT2D eigenvalue weighted by molar-refractivity contribution is 7.89. The van der Waals surface area contributed by atoms with Gasteiger partial charge in [0.25, 0.3) is 5.92 Å². The molecule has 0 saturated carbocycles. The summed E-state index contributed by atoms with van der Waals surface area (Å²) in [4.78, 5) is 16.1. The Morgan fingerprint density at radius 2 is 1.87 bits per heavy atom. The van der Waals surface area contributed by atoms with Gasteiger partial charge in [-0.2, -0.15) is 4.31 Å². The summed E-state index contributed by atoms with van der Waals surface area (Å²) in [6.45, 7) is -1.50. The van der Waals surface area contributed by atoms with E-state index in [1.165, 1.54) is 18.2 Å². The molecule has 0 spiro atoms. The fraction of sp³-hybridized carbons (Fsp3) is 0.154. The van der Waals surface area contributed by atoms with Gasteiger partial charge in [0.05, 0.1) is 29.6 Å². The van der Waals surface area contributed by atoms with E-state index in [9.17, 15) is 22.0 Å². The zero-order chi connectivity index (χ0) is 27.1. The minimum absolute atomic E-state index is 0.0630. The van der Waals surface area contributed by atoms with E-state index in [2.05, 4.69) is 10.3 Å². The molecule has 12 heteroatoms. The van der Waals surface area contributed by atoms with E-state index in [1.807, 2.05) is 6.07 Å². The van der Waals surface area contributed by atoms with Gasteiger partial charge in [-0.05, 0) is 65.2 Å². The molecule has 0 radical (unpaired) electrons. The molecule has 0 unspecified atom stereocenters. The molecule has 1 aliphatic heterocycles. The van der Waals surface area contributed by atoms with Crippen LogP contribution in [0.3, 0.4) is 0 Å². The number of nitrogen functional groups attached to an aromatic ring is 1. The van der Waals surface area contributed by atoms with Gasteiger partial charge in [-0.3, -0.25) is 4.79 Å². The zero-order valence-electron chi connectivity index (χ0n) is 19.7. The molecule has 4 aromatic rings. The van der Waals surface area contributed by atoms with Crippen molar-refractivity contribution in [2.75, 3.05) is 18.8 Å². The van der Waals surface area contributed by atoms with E-state index >= 15 is 0 Å². The van der Waals surface area contributed by atoms with Gasteiger partial charge in [-0.1, -0.05) is 23.7 Å². The van der Waals surface area contributed by atoms with Crippen LogP contribution in [0.2, 0.25) is 5.02 Å². The van der Waals surface area contributed by atoms with Gasteiger partial charge in [-0.15, -0.1) is 0 Å². The zero-order valence-corrected chi connectivity index (χ0v) is 21.3. The molecule has 1 saturated heterocycles. The molecule has 38 heavy (non-hydrogen) atoms. The Balaban J connectivity index is 1.28. The first-order valence-corrected chi connectivity index (χ1v) is 13.2. The van der Waals surface area contributed by atoms with E-state index in [-0.39, 0.29) is 17.3 Å². The van der Waals surface area contributed by atoms with Crippen LogP contribution in [0, 0.1) is 0 Å². The quantitative estimate of drug-likeness (QED) is 0.317. The molecule has 196 valence electrons. The number of amides is 1. The number of anilines is 1. The van der Waals surface area contributed by atoms with Gasteiger partial charge in [0.2, 0.25) is 15.9 Å². The van der Waals surface area contributed by atoms with Gasteiger partial charge in [0.1, 0.15) is 11.6 Å². The van der Waals surface area contributed by atoms with Crippen LogP contribution in [0.15, 0.2) is 76.2 Å². The molecular formula is C26H21ClF2N4O4S. The number of rotatable bonds is 7. The van der Waals surface area contributed by atoms with Crippen molar-refractivity contribution >= 4 is 50.4 Å². The molecule has 1 fully saturated rings. The Bertz CT molecular complexity index is 1650. The number of alkyl halides is 2. The lowest BCUT2D eigenvalue weighted by atomic mass is 10.0. The van der Waals surface area contributed by atoms with Crippen LogP contribution in [0.4, 0.5) is 14.6 Å². The van der Waals surface area contributed by atoms with E-state index in [1.54, 1.807) is 48.7 Å². The minimum atomic E-state index is -3.98. The Morgan fingerprint density at radius 1 is 1.13 bits per heavy atom. The lowest BCUT2D eigenvalue weighted by Gasteiger charge is -2.37. The Hall–Kier alpha value is -3.80. The summed E-state index contributed by atoms with van der Waals surface area (Å²) in [5.74, 6) is -2.44. The van der Waals surface area contributed by atoms with E-state index in [0.29, 0.717) is 38.7 Å². The van der Waals surface area contributed by atoms with Crippen LogP contribution in [0.5, 0.6) is 0 Å². The maximum atomic E-state index is 13.1. The van der Waals surface area contributed by atoms with Gasteiger partial charge in [0.15, 0.2) is 5.58 Å². The first-order chi connectivity index (χ1) is 18.0. The number of halogens is 3. The molecule has 2 aromatic carbocycles. The van der Waals surface area contributed by atoms with Crippen LogP contribution in [0.25, 0.3) is 28.2 Å². The first kappa shape index (κ1) is 25.8. The van der Waals surface area contributed by atoms with Gasteiger partial charge in [0, 0.05) is 17.7 Å². The molecule has 3 N–H and O–H groups in total. The fourth-order valence-electron chi connectivity index (χ4n) is 3.95. The number of nitrogens with one attached hydrogen (secondary N) is 1. The molecule has 3 heterocycles. The molecule has 1 amide bonds. The number of fused-ring (bicyclic) bond motifs is 1. The number of hydrogen-bond donors (Lipinski definition) is 2. The monoisotopic (exact) mass is 558 g/mol. The van der Waals surface area contributed by atoms with Gasteiger partial charge < -0.3 is 15.5 Å². The average Bonchev–Trinajstić information content (AvgIpc) is 3.29. The molecule has 8 nitrogen and oxygen atoms in total. The first-order valence-electron chi connectivity index (χ1n) is 11.4. The summed E-state index contributed by atoms with van der Waals surface area (Å²) in [5.41, 5.74) is 8.11. The van der Waals surface area contributed by atoms with E-state index in [0.717, 1.165) is 9.87 Å². The number of benzene rings is 2. The minimum Gasteiger partial charge on any atom is -0.458 e. The highest BCUT2D eigenvalue weighted by atomic mass is 35.5. The number of nitrogens with zero attached hydrogens (tertiary/aromatic N) is 2. The Kier molecular flexibility index (Phi) is 6.68. The standard InChI is InChI=1S/C26H21ClF2N4O4S/c27-22-11-18(17-3-5-21(6-4-17)38(35,36)33-14-26(28,29)15-33)9-19-10-20(37-25(19)22)13-32-24(34)8-2-16-1-7-23(30)31-12-16/h1-12H,13-15H2,(H2,30,31)(H,32,34). The van der Waals surface area contributed by atoms with Crippen molar-refractivity contribution in [2.45, 2.75) is 17.4 Å². The van der Waals surface area contributed by atoms with Gasteiger partial charge in [-0.25, -0.2) is 22.2 Å². The third-order valence-corrected chi connectivity index (χ3v) is 8.02. The predicted octanol–water partition coefficient (Wildman–Crippen LogP) is 4.70. The molecule has 2 aromatic heterocycles. The van der Waals surface area contributed by atoms with Crippen LogP contribution in [0.1, 0.15) is 11.3 Å². The van der Waals surface area contributed by atoms with Gasteiger partial charge >= 0.3 is 0 Å². The lowest BCUT2D eigenvalue weighted by molar-refractivity contribution is -0.116. The number of pyridine rings is 1. The van der Waals surface area contributed by atoms with E-state index in [4.69, 9.17) is 21.8 Å². The third kappa shape index (κ3) is 5.40. The van der Waals surface area contributed by atoms with Crippen molar-refractivity contribution in [1.29, 1.82) is 0 Å². The number of carbonyl (C=O) groups is 1. The summed E-state index contributed by atoms with van der Waals surface area (Å²) in [5, 5.41) is 3.77. The van der Waals surface area contributed by atoms with E-state index < -0.39 is 29.0 Å². The summed E-state index contributed by atoms with van der Waals surface area (Å²) in [7, 11) is -3.98. The van der Waals surface area contributed by atoms with Crippen LogP contribution >= 0.6 is 11.6 Å². The molecular weight excluding hydrogens is 538 g/mol. The molecule has 0 aliphatic carbocycles. The topological polar surface area (TPSA) is 119 Å².